The molecule has 1 N–H and O–H groups in total. The van der Waals surface area contributed by atoms with Crippen LogP contribution in [0.3, 0.4) is 0 Å². The molecular weight excluding hydrogens is 298 g/mol. The third kappa shape index (κ3) is 3.14. The van der Waals surface area contributed by atoms with Crippen molar-refractivity contribution in [2.24, 2.45) is 11.8 Å². The van der Waals surface area contributed by atoms with Crippen LogP contribution in [-0.2, 0) is 10.2 Å². The van der Waals surface area contributed by atoms with Gasteiger partial charge >= 0.3 is 0 Å². The molecule has 118 valence electrons. The maximum absolute atomic E-state index is 12.7. The van der Waals surface area contributed by atoms with Gasteiger partial charge in [-0.2, -0.15) is 17.0 Å². The number of halogens is 1. The molecule has 0 spiro atoms. The molecule has 0 aliphatic carbocycles. The summed E-state index contributed by atoms with van der Waals surface area (Å²) in [6, 6.07) is 0.549. The van der Waals surface area contributed by atoms with E-state index >= 15 is 0 Å². The van der Waals surface area contributed by atoms with E-state index in [2.05, 4.69) is 12.2 Å². The predicted octanol–water partition coefficient (Wildman–Crippen LogP) is 1.07. The Kier molecular flexibility index (Phi) is 5.34. The molecule has 2 atom stereocenters. The number of hydrogen-bond acceptors (Lipinski definition) is 3. The van der Waals surface area contributed by atoms with Gasteiger partial charge in [0.15, 0.2) is 0 Å². The lowest BCUT2D eigenvalue weighted by molar-refractivity contribution is 0.216. The number of hydrogen-bond donors (Lipinski definition) is 1. The normalized spacial score (nSPS) is 33.6. The van der Waals surface area contributed by atoms with Gasteiger partial charge in [-0.05, 0) is 44.1 Å². The minimum absolute atomic E-state index is 0. The molecule has 3 aliphatic rings. The average molecular weight is 324 g/mol. The Balaban J connectivity index is 0.00000147. The van der Waals surface area contributed by atoms with E-state index < -0.39 is 10.2 Å². The van der Waals surface area contributed by atoms with Gasteiger partial charge in [0.05, 0.1) is 0 Å². The van der Waals surface area contributed by atoms with Crippen LogP contribution in [-0.4, -0.2) is 55.8 Å². The smallest absolute Gasteiger partial charge is 0.281 e. The molecule has 0 saturated carbocycles. The van der Waals surface area contributed by atoms with Crippen molar-refractivity contribution in [3.05, 3.63) is 0 Å². The first-order chi connectivity index (χ1) is 9.07. The number of piperidine rings is 2. The van der Waals surface area contributed by atoms with E-state index in [9.17, 15) is 8.42 Å². The Morgan fingerprint density at radius 3 is 2.35 bits per heavy atom. The molecule has 3 rings (SSSR count). The van der Waals surface area contributed by atoms with Crippen LogP contribution < -0.4 is 5.32 Å². The zero-order valence-electron chi connectivity index (χ0n) is 12.1. The first-order valence-corrected chi connectivity index (χ1v) is 8.95. The van der Waals surface area contributed by atoms with Gasteiger partial charge in [0.2, 0.25) is 0 Å². The number of rotatable bonds is 2. The number of nitrogens with one attached hydrogen (secondary N) is 1. The zero-order chi connectivity index (χ0) is 13.5. The fraction of sp³-hybridized carbons (Fsp3) is 1.00. The van der Waals surface area contributed by atoms with E-state index in [-0.39, 0.29) is 12.4 Å². The van der Waals surface area contributed by atoms with Crippen LogP contribution in [0.2, 0.25) is 0 Å². The van der Waals surface area contributed by atoms with Crippen LogP contribution in [0, 0.1) is 11.8 Å². The summed E-state index contributed by atoms with van der Waals surface area (Å²) < 4.78 is 28.8. The Bertz CT molecular complexity index is 423. The zero-order valence-corrected chi connectivity index (χ0v) is 13.8. The molecule has 0 aromatic carbocycles. The summed E-state index contributed by atoms with van der Waals surface area (Å²) in [6.07, 6.45) is 4.09. The van der Waals surface area contributed by atoms with Crippen molar-refractivity contribution in [2.45, 2.75) is 38.6 Å². The summed E-state index contributed by atoms with van der Waals surface area (Å²) in [5.74, 6) is 1.18. The van der Waals surface area contributed by atoms with Gasteiger partial charge in [0, 0.05) is 32.2 Å². The van der Waals surface area contributed by atoms with Crippen LogP contribution >= 0.6 is 12.4 Å². The first kappa shape index (κ1) is 16.5. The first-order valence-electron chi connectivity index (χ1n) is 7.56. The summed E-state index contributed by atoms with van der Waals surface area (Å²) in [6.45, 7) is 6.05. The third-order valence-corrected chi connectivity index (χ3v) is 7.02. The standard InChI is InChI=1S/C13H25N3O2S.ClH/c1-11-3-7-15(8-4-11)19(17,18)16-9-5-13-12(10-16)2-6-14-13;/h11-14H,2-10H2,1H3;1H. The van der Waals surface area contributed by atoms with E-state index in [1.54, 1.807) is 8.61 Å². The van der Waals surface area contributed by atoms with Crippen molar-refractivity contribution in [1.29, 1.82) is 0 Å². The molecule has 3 saturated heterocycles. The SMILES string of the molecule is CC1CCN(S(=O)(=O)N2CCC3NCCC3C2)CC1.Cl. The molecule has 0 aromatic rings. The van der Waals surface area contributed by atoms with Crippen molar-refractivity contribution in [2.75, 3.05) is 32.7 Å². The van der Waals surface area contributed by atoms with Gasteiger partial charge in [0.1, 0.15) is 0 Å². The molecule has 0 radical (unpaired) electrons. The Hall–Kier alpha value is 0.120. The number of nitrogens with zero attached hydrogens (tertiary/aromatic N) is 2. The van der Waals surface area contributed by atoms with E-state index in [1.165, 1.54) is 0 Å². The van der Waals surface area contributed by atoms with Crippen molar-refractivity contribution in [3.63, 3.8) is 0 Å². The monoisotopic (exact) mass is 323 g/mol. The second-order valence-corrected chi connectivity index (χ2v) is 8.27. The number of fused-ring (bicyclic) bond motifs is 1. The maximum Gasteiger partial charge on any atom is 0.281 e. The van der Waals surface area contributed by atoms with E-state index in [4.69, 9.17) is 0 Å². The predicted molar refractivity (Wildman–Crippen MR) is 82.2 cm³/mol. The molecule has 3 heterocycles. The Morgan fingerprint density at radius 2 is 1.65 bits per heavy atom. The molecule has 3 aliphatic heterocycles. The van der Waals surface area contributed by atoms with Crippen LogP contribution in [0.25, 0.3) is 0 Å². The second kappa shape index (κ2) is 6.48. The van der Waals surface area contributed by atoms with Crippen LogP contribution in [0.4, 0.5) is 0 Å². The highest BCUT2D eigenvalue weighted by Gasteiger charge is 2.39. The van der Waals surface area contributed by atoms with Crippen LogP contribution in [0.15, 0.2) is 0 Å². The van der Waals surface area contributed by atoms with Gasteiger partial charge in [-0.1, -0.05) is 6.92 Å². The summed E-state index contributed by atoms with van der Waals surface area (Å²) in [7, 11) is -3.21. The van der Waals surface area contributed by atoms with Gasteiger partial charge in [-0.25, -0.2) is 0 Å². The molecule has 0 bridgehead atoms. The molecule has 0 amide bonds. The van der Waals surface area contributed by atoms with Crippen LogP contribution in [0.1, 0.15) is 32.6 Å². The molecule has 3 fully saturated rings. The minimum Gasteiger partial charge on any atom is -0.314 e. The van der Waals surface area contributed by atoms with Gasteiger partial charge < -0.3 is 5.32 Å². The van der Waals surface area contributed by atoms with Crippen LogP contribution in [0.5, 0.6) is 0 Å². The molecule has 7 heteroatoms. The van der Waals surface area contributed by atoms with Crippen molar-refractivity contribution >= 4 is 22.6 Å². The molecule has 5 nitrogen and oxygen atoms in total. The quantitative estimate of drug-likeness (QED) is 0.827. The lowest BCUT2D eigenvalue weighted by Gasteiger charge is -2.38. The van der Waals surface area contributed by atoms with Gasteiger partial charge in [0.25, 0.3) is 10.2 Å². The van der Waals surface area contributed by atoms with E-state index in [0.29, 0.717) is 44.1 Å². The summed E-state index contributed by atoms with van der Waals surface area (Å²) in [5, 5.41) is 3.48. The average Bonchev–Trinajstić information content (AvgIpc) is 2.86. The fourth-order valence-electron chi connectivity index (χ4n) is 3.60. The highest BCUT2D eigenvalue weighted by atomic mass is 35.5. The largest absolute Gasteiger partial charge is 0.314 e. The summed E-state index contributed by atoms with van der Waals surface area (Å²) >= 11 is 0. The molecular formula is C13H26ClN3O2S. The van der Waals surface area contributed by atoms with Crippen molar-refractivity contribution in [1.82, 2.24) is 13.9 Å². The van der Waals surface area contributed by atoms with Crippen molar-refractivity contribution in [3.8, 4) is 0 Å². The highest BCUT2D eigenvalue weighted by molar-refractivity contribution is 7.86. The molecule has 2 unspecified atom stereocenters. The Labute approximate surface area is 128 Å². The molecule has 20 heavy (non-hydrogen) atoms. The lowest BCUT2D eigenvalue weighted by atomic mass is 9.95. The fourth-order valence-corrected chi connectivity index (χ4v) is 5.32. The van der Waals surface area contributed by atoms with Gasteiger partial charge in [-0.15, -0.1) is 12.4 Å². The summed E-state index contributed by atoms with van der Waals surface area (Å²) in [4.78, 5) is 0. The van der Waals surface area contributed by atoms with Gasteiger partial charge in [-0.3, -0.25) is 0 Å². The maximum atomic E-state index is 12.7. The minimum atomic E-state index is -3.21. The Morgan fingerprint density at radius 1 is 1.00 bits per heavy atom. The summed E-state index contributed by atoms with van der Waals surface area (Å²) in [5.41, 5.74) is 0. The highest BCUT2D eigenvalue weighted by Crippen LogP contribution is 2.28. The lowest BCUT2D eigenvalue weighted by Crippen LogP contribution is -2.53. The second-order valence-electron chi connectivity index (χ2n) is 6.35. The third-order valence-electron chi connectivity index (χ3n) is 5.01. The topological polar surface area (TPSA) is 52.7 Å². The van der Waals surface area contributed by atoms with E-state index in [1.807, 2.05) is 0 Å². The van der Waals surface area contributed by atoms with E-state index in [0.717, 1.165) is 32.2 Å². The molecule has 0 aromatic heterocycles. The van der Waals surface area contributed by atoms with Crippen molar-refractivity contribution < 1.29 is 8.42 Å².